The average molecular weight is 138 g/mol. The molecule has 10 heavy (non-hydrogen) atoms. The third kappa shape index (κ3) is 1.37. The minimum Gasteiger partial charge on any atom is -0.292 e. The zero-order chi connectivity index (χ0) is 7.40. The molecule has 3 nitrogen and oxygen atoms in total. The minimum atomic E-state index is 0.729. The van der Waals surface area contributed by atoms with E-state index < -0.39 is 0 Å². The number of nitrogens with one attached hydrogen (secondary N) is 1. The summed E-state index contributed by atoms with van der Waals surface area (Å²) in [7, 11) is 0. The van der Waals surface area contributed by atoms with Gasteiger partial charge in [-0.2, -0.15) is 0 Å². The highest BCUT2D eigenvalue weighted by molar-refractivity contribution is 5.51. The van der Waals surface area contributed by atoms with Crippen molar-refractivity contribution in [3.63, 3.8) is 0 Å². The number of nitrogens with zero attached hydrogens (tertiary/aromatic N) is 1. The van der Waals surface area contributed by atoms with Gasteiger partial charge in [0.25, 0.3) is 0 Å². The molecule has 0 aromatic heterocycles. The number of hydrogen-bond donors (Lipinski definition) is 1. The first-order valence-corrected chi connectivity index (χ1v) is 3.25. The van der Waals surface area contributed by atoms with E-state index in [0.29, 0.717) is 0 Å². The Bertz CT molecular complexity index is 184. The number of hydrazine groups is 1. The van der Waals surface area contributed by atoms with Crippen LogP contribution in [-0.2, 0) is 4.79 Å². The van der Waals surface area contributed by atoms with E-state index >= 15 is 0 Å². The van der Waals surface area contributed by atoms with Crippen molar-refractivity contribution in [3.8, 4) is 0 Å². The summed E-state index contributed by atoms with van der Waals surface area (Å²) in [5, 5.41) is 1.38. The van der Waals surface area contributed by atoms with Crippen LogP contribution in [0.3, 0.4) is 0 Å². The van der Waals surface area contributed by atoms with E-state index in [2.05, 4.69) is 5.43 Å². The van der Waals surface area contributed by atoms with E-state index in [4.69, 9.17) is 0 Å². The van der Waals surface area contributed by atoms with Crippen molar-refractivity contribution in [2.45, 2.75) is 13.3 Å². The molecule has 0 aromatic rings. The Kier molecular flexibility index (Phi) is 2.10. The van der Waals surface area contributed by atoms with Crippen molar-refractivity contribution >= 4 is 6.41 Å². The molecule has 1 heterocycles. The second kappa shape index (κ2) is 3.06. The Morgan fingerprint density at radius 1 is 1.80 bits per heavy atom. The van der Waals surface area contributed by atoms with Crippen molar-refractivity contribution in [1.29, 1.82) is 0 Å². The van der Waals surface area contributed by atoms with Gasteiger partial charge in [0.2, 0.25) is 6.41 Å². The lowest BCUT2D eigenvalue weighted by Gasteiger charge is -2.06. The van der Waals surface area contributed by atoms with Gasteiger partial charge in [0.05, 0.1) is 5.70 Å². The summed E-state index contributed by atoms with van der Waals surface area (Å²) in [5.74, 6) is 0. The summed E-state index contributed by atoms with van der Waals surface area (Å²) in [6.45, 7) is 2.05. The van der Waals surface area contributed by atoms with E-state index in [1.807, 2.05) is 19.1 Å². The van der Waals surface area contributed by atoms with Gasteiger partial charge in [-0.15, -0.1) is 0 Å². The molecule has 1 aliphatic heterocycles. The highest BCUT2D eigenvalue weighted by Crippen LogP contribution is 2.02. The monoisotopic (exact) mass is 138 g/mol. The lowest BCUT2D eigenvalue weighted by molar-refractivity contribution is -0.117. The van der Waals surface area contributed by atoms with Gasteiger partial charge in [-0.3, -0.25) is 10.2 Å². The zero-order valence-electron chi connectivity index (χ0n) is 5.87. The van der Waals surface area contributed by atoms with Gasteiger partial charge in [-0.25, -0.2) is 5.01 Å². The number of allylic oxidation sites excluding steroid dienone is 2. The minimum absolute atomic E-state index is 0.729. The predicted molar refractivity (Wildman–Crippen MR) is 38.6 cm³/mol. The van der Waals surface area contributed by atoms with Crippen LogP contribution in [0, 0.1) is 0 Å². The second-order valence-corrected chi connectivity index (χ2v) is 2.01. The van der Waals surface area contributed by atoms with Crippen LogP contribution in [0.15, 0.2) is 24.0 Å². The van der Waals surface area contributed by atoms with Crippen LogP contribution >= 0.6 is 0 Å². The second-order valence-electron chi connectivity index (χ2n) is 2.01. The molecular weight excluding hydrogens is 128 g/mol. The summed E-state index contributed by atoms with van der Waals surface area (Å²) < 4.78 is 0. The zero-order valence-corrected chi connectivity index (χ0v) is 5.87. The molecule has 1 amide bonds. The third-order valence-corrected chi connectivity index (χ3v) is 1.21. The van der Waals surface area contributed by atoms with Crippen molar-refractivity contribution in [2.75, 3.05) is 0 Å². The number of carbonyl (C=O) groups is 1. The van der Waals surface area contributed by atoms with E-state index in [1.165, 1.54) is 5.01 Å². The third-order valence-electron chi connectivity index (χ3n) is 1.21. The van der Waals surface area contributed by atoms with E-state index in [0.717, 1.165) is 18.5 Å². The van der Waals surface area contributed by atoms with Crippen LogP contribution in [0.5, 0.6) is 0 Å². The van der Waals surface area contributed by atoms with Gasteiger partial charge in [0.15, 0.2) is 0 Å². The molecular formula is C7H10N2O. The number of amides is 1. The Morgan fingerprint density at radius 3 is 3.10 bits per heavy atom. The molecule has 0 bridgehead atoms. The molecule has 0 aliphatic carbocycles. The van der Waals surface area contributed by atoms with E-state index in [-0.39, 0.29) is 0 Å². The molecule has 1 N–H and O–H groups in total. The summed E-state index contributed by atoms with van der Waals surface area (Å²) >= 11 is 0. The van der Waals surface area contributed by atoms with Crippen LogP contribution < -0.4 is 5.43 Å². The maximum absolute atomic E-state index is 10.1. The summed E-state index contributed by atoms with van der Waals surface area (Å²) in [6, 6.07) is 0. The highest BCUT2D eigenvalue weighted by Gasteiger charge is 2.03. The molecule has 0 radical (unpaired) electrons. The van der Waals surface area contributed by atoms with Gasteiger partial charge in [-0.05, 0) is 12.5 Å². The fraction of sp³-hybridized carbons (Fsp3) is 0.286. The molecule has 1 aliphatic rings. The fourth-order valence-corrected chi connectivity index (χ4v) is 0.779. The molecule has 0 spiro atoms. The van der Waals surface area contributed by atoms with Crippen molar-refractivity contribution in [3.05, 3.63) is 24.0 Å². The normalized spacial score (nSPS) is 19.7. The summed E-state index contributed by atoms with van der Waals surface area (Å²) in [5.41, 5.74) is 3.84. The first kappa shape index (κ1) is 6.86. The molecule has 54 valence electrons. The molecule has 0 saturated carbocycles. The van der Waals surface area contributed by atoms with Gasteiger partial charge >= 0.3 is 0 Å². The van der Waals surface area contributed by atoms with Gasteiger partial charge in [-0.1, -0.05) is 13.0 Å². The summed E-state index contributed by atoms with van der Waals surface area (Å²) in [4.78, 5) is 10.1. The molecule has 1 rings (SSSR count). The van der Waals surface area contributed by atoms with Crippen LogP contribution in [0.4, 0.5) is 0 Å². The van der Waals surface area contributed by atoms with Crippen LogP contribution in [-0.4, -0.2) is 11.4 Å². The molecule has 0 atom stereocenters. The van der Waals surface area contributed by atoms with Crippen LogP contribution in [0.25, 0.3) is 0 Å². The predicted octanol–water partition coefficient (Wildman–Crippen LogP) is 0.771. The van der Waals surface area contributed by atoms with E-state index in [9.17, 15) is 4.79 Å². The quantitative estimate of drug-likeness (QED) is 0.571. The smallest absolute Gasteiger partial charge is 0.232 e. The maximum atomic E-state index is 10.1. The molecule has 0 unspecified atom stereocenters. The highest BCUT2D eigenvalue weighted by atomic mass is 16.1. The van der Waals surface area contributed by atoms with Crippen molar-refractivity contribution in [2.24, 2.45) is 0 Å². The van der Waals surface area contributed by atoms with Crippen LogP contribution in [0.2, 0.25) is 0 Å². The van der Waals surface area contributed by atoms with Crippen molar-refractivity contribution in [1.82, 2.24) is 10.4 Å². The lowest BCUT2D eigenvalue weighted by atomic mass is 10.3. The molecule has 0 saturated heterocycles. The molecule has 3 heteroatoms. The van der Waals surface area contributed by atoms with Gasteiger partial charge < -0.3 is 0 Å². The number of rotatable bonds is 2. The Labute approximate surface area is 60.0 Å². The average Bonchev–Trinajstić information content (AvgIpc) is 2.37. The van der Waals surface area contributed by atoms with Crippen molar-refractivity contribution < 1.29 is 4.79 Å². The number of hydrogen-bond acceptors (Lipinski definition) is 2. The Morgan fingerprint density at radius 2 is 2.60 bits per heavy atom. The molecule has 0 aromatic carbocycles. The standard InChI is InChI=1S/C7H10N2O/c1-2-3-7-4-5-9(6-10)8-7/h3-6,8H,2H2,1H3/b7-3-. The van der Waals surface area contributed by atoms with Gasteiger partial charge in [0, 0.05) is 6.20 Å². The Hall–Kier alpha value is -1.25. The largest absolute Gasteiger partial charge is 0.292 e. The number of carbonyl (C=O) groups excluding carboxylic acids is 1. The summed E-state index contributed by atoms with van der Waals surface area (Å²) in [6.07, 6.45) is 7.26. The first-order valence-electron chi connectivity index (χ1n) is 3.25. The fourth-order valence-electron chi connectivity index (χ4n) is 0.779. The van der Waals surface area contributed by atoms with Crippen LogP contribution in [0.1, 0.15) is 13.3 Å². The lowest BCUT2D eigenvalue weighted by Crippen LogP contribution is -2.25. The Balaban J connectivity index is 2.52. The first-order chi connectivity index (χ1) is 4.86. The maximum Gasteiger partial charge on any atom is 0.232 e. The SMILES string of the molecule is CC/C=C1/C=CN(C=O)N1. The van der Waals surface area contributed by atoms with Gasteiger partial charge in [0.1, 0.15) is 0 Å². The topological polar surface area (TPSA) is 32.3 Å². The van der Waals surface area contributed by atoms with E-state index in [1.54, 1.807) is 6.20 Å². The molecule has 0 fully saturated rings.